The summed E-state index contributed by atoms with van der Waals surface area (Å²) in [6.07, 6.45) is -5.44. The summed E-state index contributed by atoms with van der Waals surface area (Å²) in [5, 5.41) is 37.3. The lowest BCUT2D eigenvalue weighted by Crippen LogP contribution is -2.57. The number of hydrogen-bond donors (Lipinski definition) is 4. The van der Waals surface area contributed by atoms with Crippen LogP contribution in [0.15, 0.2) is 0 Å². The topological polar surface area (TPSA) is 90.2 Å². The Morgan fingerprint density at radius 3 is 2.07 bits per heavy atom. The molecule has 0 spiro atoms. The van der Waals surface area contributed by atoms with E-state index >= 15 is 0 Å². The van der Waals surface area contributed by atoms with Crippen molar-refractivity contribution in [2.24, 2.45) is 5.92 Å². The minimum Gasteiger partial charge on any atom is -0.388 e. The van der Waals surface area contributed by atoms with Gasteiger partial charge in [0, 0.05) is 0 Å². The average molecular weight is 206 g/mol. The molecule has 1 aliphatic rings. The molecule has 4 N–H and O–H groups in total. The first kappa shape index (κ1) is 11.9. The predicted octanol–water partition coefficient (Wildman–Crippen LogP) is -1.17. The smallest absolute Gasteiger partial charge is 0.183 e. The summed E-state index contributed by atoms with van der Waals surface area (Å²) < 4.78 is 4.99. The summed E-state index contributed by atoms with van der Waals surface area (Å²) in [6.45, 7) is 3.89. The Morgan fingerprint density at radius 2 is 1.57 bits per heavy atom. The van der Waals surface area contributed by atoms with Crippen LogP contribution in [0.1, 0.15) is 20.3 Å². The molecule has 0 saturated carbocycles. The fraction of sp³-hybridized carbons (Fsp3) is 1.00. The van der Waals surface area contributed by atoms with Gasteiger partial charge in [0.05, 0.1) is 6.10 Å². The van der Waals surface area contributed by atoms with E-state index in [4.69, 9.17) is 4.74 Å². The van der Waals surface area contributed by atoms with E-state index in [1.807, 2.05) is 13.8 Å². The van der Waals surface area contributed by atoms with E-state index in [1.54, 1.807) is 0 Å². The number of ether oxygens (including phenoxy) is 1. The Labute approximate surface area is 82.9 Å². The van der Waals surface area contributed by atoms with Crippen molar-refractivity contribution in [3.05, 3.63) is 0 Å². The molecule has 0 aromatic rings. The number of aliphatic hydroxyl groups is 4. The van der Waals surface area contributed by atoms with Gasteiger partial charge in [-0.15, -0.1) is 0 Å². The normalized spacial score (nSPS) is 44.4. The first-order valence-corrected chi connectivity index (χ1v) is 4.81. The lowest BCUT2D eigenvalue weighted by Gasteiger charge is -2.38. The van der Waals surface area contributed by atoms with E-state index in [-0.39, 0.29) is 5.92 Å². The van der Waals surface area contributed by atoms with E-state index < -0.39 is 30.7 Å². The van der Waals surface area contributed by atoms with Crippen LogP contribution in [-0.4, -0.2) is 51.1 Å². The molecule has 5 atom stereocenters. The second-order valence-corrected chi connectivity index (χ2v) is 4.17. The van der Waals surface area contributed by atoms with Gasteiger partial charge >= 0.3 is 0 Å². The number of rotatable bonds is 2. The van der Waals surface area contributed by atoms with E-state index in [1.165, 1.54) is 0 Å². The molecule has 1 heterocycles. The van der Waals surface area contributed by atoms with E-state index in [2.05, 4.69) is 0 Å². The van der Waals surface area contributed by atoms with Crippen molar-refractivity contribution >= 4 is 0 Å². The van der Waals surface area contributed by atoms with Gasteiger partial charge < -0.3 is 25.2 Å². The molecule has 84 valence electrons. The highest BCUT2D eigenvalue weighted by atomic mass is 16.6. The van der Waals surface area contributed by atoms with Crippen molar-refractivity contribution in [3.8, 4) is 0 Å². The monoisotopic (exact) mass is 206 g/mol. The van der Waals surface area contributed by atoms with Gasteiger partial charge in [-0.1, -0.05) is 13.8 Å². The first-order valence-electron chi connectivity index (χ1n) is 4.81. The van der Waals surface area contributed by atoms with Crippen LogP contribution in [-0.2, 0) is 4.74 Å². The van der Waals surface area contributed by atoms with Crippen LogP contribution in [0.4, 0.5) is 0 Å². The zero-order valence-corrected chi connectivity index (χ0v) is 8.37. The Kier molecular flexibility index (Phi) is 3.86. The summed E-state index contributed by atoms with van der Waals surface area (Å²) in [5.41, 5.74) is 0. The predicted molar refractivity (Wildman–Crippen MR) is 48.4 cm³/mol. The van der Waals surface area contributed by atoms with Gasteiger partial charge in [0.25, 0.3) is 0 Å². The van der Waals surface area contributed by atoms with Gasteiger partial charge in [-0.25, -0.2) is 0 Å². The van der Waals surface area contributed by atoms with Crippen molar-refractivity contribution in [1.82, 2.24) is 0 Å². The van der Waals surface area contributed by atoms with E-state index in [9.17, 15) is 20.4 Å². The summed E-state index contributed by atoms with van der Waals surface area (Å²) in [4.78, 5) is 0. The van der Waals surface area contributed by atoms with E-state index in [0.717, 1.165) is 0 Å². The van der Waals surface area contributed by atoms with Gasteiger partial charge in [-0.2, -0.15) is 0 Å². The molecule has 14 heavy (non-hydrogen) atoms. The second-order valence-electron chi connectivity index (χ2n) is 4.17. The zero-order valence-electron chi connectivity index (χ0n) is 8.37. The Hall–Kier alpha value is -0.200. The fourth-order valence-electron chi connectivity index (χ4n) is 1.59. The molecular weight excluding hydrogens is 188 g/mol. The maximum Gasteiger partial charge on any atom is 0.183 e. The molecule has 0 amide bonds. The molecule has 5 heteroatoms. The minimum absolute atomic E-state index is 0.282. The molecule has 1 aliphatic heterocycles. The van der Waals surface area contributed by atoms with Crippen LogP contribution in [0.5, 0.6) is 0 Å². The molecule has 1 unspecified atom stereocenters. The second kappa shape index (κ2) is 4.55. The van der Waals surface area contributed by atoms with Crippen molar-refractivity contribution in [3.63, 3.8) is 0 Å². The van der Waals surface area contributed by atoms with Gasteiger partial charge in [0.15, 0.2) is 6.29 Å². The first-order chi connectivity index (χ1) is 6.43. The van der Waals surface area contributed by atoms with Crippen molar-refractivity contribution in [2.45, 2.75) is 51.0 Å². The van der Waals surface area contributed by atoms with Crippen LogP contribution in [0.25, 0.3) is 0 Å². The van der Waals surface area contributed by atoms with E-state index in [0.29, 0.717) is 6.42 Å². The highest BCUT2D eigenvalue weighted by Gasteiger charge is 2.42. The van der Waals surface area contributed by atoms with Gasteiger partial charge in [-0.05, 0) is 12.3 Å². The lowest BCUT2D eigenvalue weighted by molar-refractivity contribution is -0.283. The third-order valence-corrected chi connectivity index (χ3v) is 2.39. The maximum atomic E-state index is 9.53. The van der Waals surface area contributed by atoms with Crippen molar-refractivity contribution in [1.29, 1.82) is 0 Å². The van der Waals surface area contributed by atoms with Crippen LogP contribution in [0.3, 0.4) is 0 Å². The summed E-state index contributed by atoms with van der Waals surface area (Å²) in [6, 6.07) is 0. The quantitative estimate of drug-likeness (QED) is 0.457. The van der Waals surface area contributed by atoms with Gasteiger partial charge in [0.1, 0.15) is 18.3 Å². The molecule has 1 rings (SSSR count). The highest BCUT2D eigenvalue weighted by Crippen LogP contribution is 2.24. The largest absolute Gasteiger partial charge is 0.388 e. The van der Waals surface area contributed by atoms with Gasteiger partial charge in [-0.3, -0.25) is 0 Å². The summed E-state index contributed by atoms with van der Waals surface area (Å²) in [5.74, 6) is 0.282. The minimum atomic E-state index is -1.44. The molecule has 0 aromatic carbocycles. The van der Waals surface area contributed by atoms with Crippen LogP contribution >= 0.6 is 0 Å². The highest BCUT2D eigenvalue weighted by molar-refractivity contribution is 4.88. The lowest BCUT2D eigenvalue weighted by atomic mass is 9.93. The molecule has 0 aliphatic carbocycles. The molecular formula is C9H18O5. The Balaban J connectivity index is 2.60. The molecule has 1 saturated heterocycles. The summed E-state index contributed by atoms with van der Waals surface area (Å²) >= 11 is 0. The van der Waals surface area contributed by atoms with Crippen LogP contribution in [0.2, 0.25) is 0 Å². The number of aliphatic hydroxyl groups excluding tert-OH is 4. The molecule has 0 radical (unpaired) electrons. The molecule has 5 nitrogen and oxygen atoms in total. The fourth-order valence-corrected chi connectivity index (χ4v) is 1.59. The summed E-state index contributed by atoms with van der Waals surface area (Å²) in [7, 11) is 0. The standard InChI is InChI=1S/C9H18O5/c1-4(2)3-5-6(10)7(11)8(12)9(13)14-5/h4-13H,3H2,1-2H3/t5-,6-,7-,8+,9?/m1/s1. The van der Waals surface area contributed by atoms with Crippen LogP contribution in [0, 0.1) is 5.92 Å². The molecule has 0 bridgehead atoms. The zero-order chi connectivity index (χ0) is 10.9. The Bertz CT molecular complexity index is 184. The third kappa shape index (κ3) is 2.43. The SMILES string of the molecule is CC(C)C[C@H]1OC(O)[C@@H](O)[C@H](O)[C@@H]1O. The Morgan fingerprint density at radius 1 is 1.00 bits per heavy atom. The third-order valence-electron chi connectivity index (χ3n) is 2.39. The average Bonchev–Trinajstić information content (AvgIpc) is 2.10. The van der Waals surface area contributed by atoms with Crippen LogP contribution < -0.4 is 0 Å². The van der Waals surface area contributed by atoms with Crippen molar-refractivity contribution < 1.29 is 25.2 Å². The van der Waals surface area contributed by atoms with Crippen molar-refractivity contribution in [2.75, 3.05) is 0 Å². The molecule has 0 aromatic heterocycles. The maximum absolute atomic E-state index is 9.53. The molecule has 1 fully saturated rings. The van der Waals surface area contributed by atoms with Gasteiger partial charge in [0.2, 0.25) is 0 Å². The number of hydrogen-bond acceptors (Lipinski definition) is 5.